The molecule has 1 saturated heterocycles. The third kappa shape index (κ3) is 1.97. The van der Waals surface area contributed by atoms with Gasteiger partial charge in [-0.2, -0.15) is 0 Å². The topological polar surface area (TPSA) is 42.2 Å². The van der Waals surface area contributed by atoms with E-state index in [-0.39, 0.29) is 10.6 Å². The van der Waals surface area contributed by atoms with E-state index in [0.29, 0.717) is 0 Å². The van der Waals surface area contributed by atoms with Crippen molar-refractivity contribution in [1.29, 1.82) is 0 Å². The van der Waals surface area contributed by atoms with Crippen LogP contribution in [0.25, 0.3) is 0 Å². The minimum Gasteiger partial charge on any atom is -0.397 e. The smallest absolute Gasteiger partial charge is 0.0573 e. The second-order valence-corrected chi connectivity index (χ2v) is 2.66. The minimum atomic E-state index is -3.72. The van der Waals surface area contributed by atoms with Crippen LogP contribution in [0, 0.1) is 5.89 Å². The van der Waals surface area contributed by atoms with Gasteiger partial charge in [0.05, 0.1) is 17.6 Å². The van der Waals surface area contributed by atoms with Gasteiger partial charge >= 0.3 is 0 Å². The molecule has 3 nitrogen and oxygen atoms in total. The maximum absolute atomic E-state index is 8.23. The summed E-state index contributed by atoms with van der Waals surface area (Å²) < 4.78 is 95.3. The molecule has 2 rings (SSSR count). The zero-order valence-corrected chi connectivity index (χ0v) is 7.20. The van der Waals surface area contributed by atoms with E-state index in [2.05, 4.69) is 4.98 Å². The van der Waals surface area contributed by atoms with Crippen molar-refractivity contribution >= 4 is 11.4 Å². The van der Waals surface area contributed by atoms with Gasteiger partial charge in [-0.15, -0.1) is 0 Å². The Morgan fingerprint density at radius 2 is 2.71 bits per heavy atom. The van der Waals surface area contributed by atoms with Crippen LogP contribution in [0.5, 0.6) is 0 Å². The molecule has 1 atom stereocenters. The van der Waals surface area contributed by atoms with Crippen LogP contribution in [0.3, 0.4) is 0 Å². The van der Waals surface area contributed by atoms with Crippen LogP contribution in [-0.2, 0) is 0 Å². The highest BCUT2D eigenvalue weighted by Crippen LogP contribution is 2.23. The van der Waals surface area contributed by atoms with Crippen LogP contribution in [0.1, 0.15) is 36.0 Å². The third-order valence-electron chi connectivity index (χ3n) is 1.58. The molecule has 76 valence electrons. The molecule has 1 aromatic rings. The second kappa shape index (κ2) is 3.86. The Morgan fingerprint density at radius 1 is 1.79 bits per heavy atom. The van der Waals surface area contributed by atoms with Gasteiger partial charge in [0, 0.05) is 35.6 Å². The molecule has 0 spiro atoms. The van der Waals surface area contributed by atoms with Crippen LogP contribution >= 0.6 is 0 Å². The number of rotatable bonds is 1. The van der Waals surface area contributed by atoms with Crippen molar-refractivity contribution in [2.24, 2.45) is 5.89 Å². The number of nitrogens with zero attached hydrogens (tertiary/aromatic N) is 2. The highest BCUT2D eigenvalue weighted by molar-refractivity contribution is 5.53. The average Bonchev–Trinajstić information content (AvgIpc) is 2.42. The van der Waals surface area contributed by atoms with Gasteiger partial charge in [0.1, 0.15) is 0 Å². The van der Waals surface area contributed by atoms with Gasteiger partial charge in [0.2, 0.25) is 0 Å². The Kier molecular flexibility index (Phi) is 0.732. The average molecular weight is 203 g/mol. The summed E-state index contributed by atoms with van der Waals surface area (Å²) in [6.07, 6.45) is -5.21. The van der Waals surface area contributed by atoms with E-state index in [9.17, 15) is 0 Å². The molecule has 2 N–H and O–H groups in total. The lowest BCUT2D eigenvalue weighted by Gasteiger charge is -2.32. The molecule has 0 amide bonds. The summed E-state index contributed by atoms with van der Waals surface area (Å²) in [5.74, 6) is -3.67. The lowest BCUT2D eigenvalue weighted by molar-refractivity contribution is 0.446. The van der Waals surface area contributed by atoms with Crippen molar-refractivity contribution in [2.45, 2.75) is 19.6 Å². The molecule has 14 heavy (non-hydrogen) atoms. The van der Waals surface area contributed by atoms with Crippen molar-refractivity contribution in [1.82, 2.24) is 4.98 Å². The van der Waals surface area contributed by atoms with E-state index in [0.717, 1.165) is 18.5 Å². The predicted molar refractivity (Wildman–Crippen MR) is 59.3 cm³/mol. The number of nitrogen functional groups attached to an aromatic ring is 1. The van der Waals surface area contributed by atoms with Gasteiger partial charge in [-0.05, 0) is 24.7 Å². The standard InChI is InChI=1S/C11H17N3/c1-9-3-2-4-14(8-9)11-5-10(12)6-13-7-11/h5-7,9H,2-4,8,12H2,1H3/i1D3,2D2,3D2,4D2,8D2,9D. The molecule has 1 aliphatic heterocycles. The highest BCUT2D eigenvalue weighted by Gasteiger charge is 2.16. The fourth-order valence-corrected chi connectivity index (χ4v) is 1.01. The molecule has 1 aliphatic rings. The van der Waals surface area contributed by atoms with E-state index in [1.165, 1.54) is 0 Å². The summed E-state index contributed by atoms with van der Waals surface area (Å²) in [5.41, 5.74) is 5.11. The van der Waals surface area contributed by atoms with Crippen molar-refractivity contribution in [3.8, 4) is 0 Å². The summed E-state index contributed by atoms with van der Waals surface area (Å²) in [7, 11) is 0. The fraction of sp³-hybridized carbons (Fsp3) is 0.545. The molecule has 0 bridgehead atoms. The first kappa shape index (κ1) is 2.65. The molecule has 0 saturated carbocycles. The maximum Gasteiger partial charge on any atom is 0.0573 e. The zero-order valence-electron chi connectivity index (χ0n) is 19.2. The van der Waals surface area contributed by atoms with Gasteiger partial charge in [0.15, 0.2) is 0 Å². The van der Waals surface area contributed by atoms with E-state index in [4.69, 9.17) is 22.2 Å². The number of nitrogens with two attached hydrogens (primary N) is 1. The Morgan fingerprint density at radius 3 is 3.50 bits per heavy atom. The number of pyridine rings is 1. The van der Waals surface area contributed by atoms with Gasteiger partial charge in [0.25, 0.3) is 0 Å². The number of hydrogen-bond donors (Lipinski definition) is 1. The van der Waals surface area contributed by atoms with Crippen LogP contribution < -0.4 is 10.6 Å². The number of anilines is 2. The predicted octanol–water partition coefficient (Wildman–Crippen LogP) is 1.90. The second-order valence-electron chi connectivity index (χ2n) is 2.66. The first-order chi connectivity index (χ1) is 11.4. The molecule has 1 aromatic heterocycles. The number of hydrogen-bond acceptors (Lipinski definition) is 3. The first-order valence-electron chi connectivity index (χ1n) is 9.88. The molecule has 3 heteroatoms. The minimum absolute atomic E-state index is 0.0345. The van der Waals surface area contributed by atoms with Gasteiger partial charge in [-0.1, -0.05) is 6.85 Å². The largest absolute Gasteiger partial charge is 0.397 e. The number of aromatic nitrogens is 1. The van der Waals surface area contributed by atoms with Gasteiger partial charge in [-0.3, -0.25) is 4.98 Å². The zero-order chi connectivity index (χ0) is 20.6. The Bertz CT molecular complexity index is 715. The van der Waals surface area contributed by atoms with Crippen molar-refractivity contribution in [2.75, 3.05) is 23.6 Å². The molecule has 0 radical (unpaired) electrons. The Hall–Kier alpha value is -1.25. The van der Waals surface area contributed by atoms with Crippen LogP contribution in [0.2, 0.25) is 0 Å². The molecule has 1 fully saturated rings. The molecular formula is C11H17N3. The Balaban J connectivity index is 2.93. The quantitative estimate of drug-likeness (QED) is 0.758. The highest BCUT2D eigenvalue weighted by atomic mass is 15.1. The Labute approximate surface area is 102 Å². The fourth-order valence-electron chi connectivity index (χ4n) is 1.01. The molecular weight excluding hydrogens is 174 g/mol. The lowest BCUT2D eigenvalue weighted by atomic mass is 10.00. The maximum atomic E-state index is 8.23. The lowest BCUT2D eigenvalue weighted by Crippen LogP contribution is -2.34. The normalized spacial score (nSPS) is 55.6. The molecule has 0 aliphatic carbocycles. The molecule has 2 heterocycles. The third-order valence-corrected chi connectivity index (χ3v) is 1.58. The van der Waals surface area contributed by atoms with Gasteiger partial charge < -0.3 is 10.6 Å². The molecule has 1 unspecified atom stereocenters. The van der Waals surface area contributed by atoms with E-state index in [1.807, 2.05) is 0 Å². The van der Waals surface area contributed by atoms with Crippen molar-refractivity contribution < 1.29 is 16.4 Å². The van der Waals surface area contributed by atoms with Crippen LogP contribution in [0.4, 0.5) is 11.4 Å². The van der Waals surface area contributed by atoms with Gasteiger partial charge in [-0.25, -0.2) is 0 Å². The summed E-state index contributed by atoms with van der Waals surface area (Å²) >= 11 is 0. The monoisotopic (exact) mass is 203 g/mol. The SMILES string of the molecule is [2H]C([2H])([2H])C1([2H])C([2H])([2H])N(c2cncc(N)c2)C([2H])([2H])C([2H])([2H])C1([2H])[2H]. The first-order valence-corrected chi connectivity index (χ1v) is 3.88. The summed E-state index contributed by atoms with van der Waals surface area (Å²) in [6.45, 7) is -10.5. The summed E-state index contributed by atoms with van der Waals surface area (Å²) in [4.78, 5) is 3.77. The number of piperidine rings is 1. The van der Waals surface area contributed by atoms with Crippen molar-refractivity contribution in [3.63, 3.8) is 0 Å². The summed E-state index contributed by atoms with van der Waals surface area (Å²) in [5, 5.41) is 0. The van der Waals surface area contributed by atoms with E-state index in [1.54, 1.807) is 0 Å². The van der Waals surface area contributed by atoms with Crippen LogP contribution in [-0.4, -0.2) is 18.0 Å². The van der Waals surface area contributed by atoms with E-state index < -0.39 is 44.2 Å². The van der Waals surface area contributed by atoms with Crippen LogP contribution in [0.15, 0.2) is 18.5 Å². The van der Waals surface area contributed by atoms with Crippen molar-refractivity contribution in [3.05, 3.63) is 18.5 Å². The summed E-state index contributed by atoms with van der Waals surface area (Å²) in [6, 6.07) is 1.04. The molecule has 0 aromatic carbocycles. The van der Waals surface area contributed by atoms with E-state index >= 15 is 0 Å².